The number of rotatable bonds is 4. The maximum absolute atomic E-state index is 5.78. The molecule has 110 valence electrons. The second-order valence-electron chi connectivity index (χ2n) is 6.08. The summed E-state index contributed by atoms with van der Waals surface area (Å²) >= 11 is 3.55. The molecule has 1 atom stereocenters. The van der Waals surface area contributed by atoms with E-state index in [1.165, 1.54) is 22.9 Å². The standard InChI is InChI=1S/C16H23BrN2O/c1-19-5-6-20-16(11-19)10-18-15-8-13(9-15)12-3-2-4-14(17)7-12/h2-4,7,13,15-16,18H,5-6,8-11H2,1H3. The Morgan fingerprint density at radius 2 is 2.25 bits per heavy atom. The van der Waals surface area contributed by atoms with E-state index in [9.17, 15) is 0 Å². The molecule has 1 unspecified atom stereocenters. The van der Waals surface area contributed by atoms with Crippen molar-refractivity contribution in [3.8, 4) is 0 Å². The fraction of sp³-hybridized carbons (Fsp3) is 0.625. The Balaban J connectivity index is 1.40. The molecule has 0 radical (unpaired) electrons. The Hall–Kier alpha value is -0.420. The average Bonchev–Trinajstić information content (AvgIpc) is 2.37. The maximum atomic E-state index is 5.78. The number of hydrogen-bond acceptors (Lipinski definition) is 3. The van der Waals surface area contributed by atoms with Crippen LogP contribution in [0.25, 0.3) is 0 Å². The van der Waals surface area contributed by atoms with Crippen molar-refractivity contribution < 1.29 is 4.74 Å². The fourth-order valence-electron chi connectivity index (χ4n) is 3.11. The number of nitrogens with one attached hydrogen (secondary N) is 1. The van der Waals surface area contributed by atoms with E-state index in [4.69, 9.17) is 4.74 Å². The van der Waals surface area contributed by atoms with Gasteiger partial charge in [0.15, 0.2) is 0 Å². The largest absolute Gasteiger partial charge is 0.374 e. The Labute approximate surface area is 129 Å². The predicted octanol–water partition coefficient (Wildman–Crippen LogP) is 2.62. The SMILES string of the molecule is CN1CCOC(CNC2CC(c3cccc(Br)c3)C2)C1. The van der Waals surface area contributed by atoms with Crippen LogP contribution in [0.1, 0.15) is 24.3 Å². The van der Waals surface area contributed by atoms with Gasteiger partial charge in [0.1, 0.15) is 0 Å². The van der Waals surface area contributed by atoms with E-state index in [0.29, 0.717) is 12.1 Å². The molecular formula is C16H23BrN2O. The summed E-state index contributed by atoms with van der Waals surface area (Å²) in [4.78, 5) is 2.35. The van der Waals surface area contributed by atoms with Crippen molar-refractivity contribution in [2.75, 3.05) is 33.3 Å². The summed E-state index contributed by atoms with van der Waals surface area (Å²) in [6, 6.07) is 9.38. The average molecular weight is 339 g/mol. The zero-order valence-electron chi connectivity index (χ0n) is 12.0. The summed E-state index contributed by atoms with van der Waals surface area (Å²) in [5.41, 5.74) is 1.46. The van der Waals surface area contributed by atoms with Crippen molar-refractivity contribution in [2.45, 2.75) is 30.9 Å². The molecule has 3 rings (SSSR count). The van der Waals surface area contributed by atoms with E-state index >= 15 is 0 Å². The third-order valence-electron chi connectivity index (χ3n) is 4.43. The van der Waals surface area contributed by atoms with Crippen LogP contribution in [0.4, 0.5) is 0 Å². The monoisotopic (exact) mass is 338 g/mol. The van der Waals surface area contributed by atoms with Crippen molar-refractivity contribution >= 4 is 15.9 Å². The van der Waals surface area contributed by atoms with Gasteiger partial charge < -0.3 is 15.0 Å². The van der Waals surface area contributed by atoms with Crippen LogP contribution in [-0.4, -0.2) is 50.3 Å². The van der Waals surface area contributed by atoms with Gasteiger partial charge in [-0.1, -0.05) is 28.1 Å². The van der Waals surface area contributed by atoms with E-state index < -0.39 is 0 Å². The number of hydrogen-bond donors (Lipinski definition) is 1. The Bertz CT molecular complexity index is 448. The molecule has 1 aliphatic heterocycles. The highest BCUT2D eigenvalue weighted by Gasteiger charge is 2.30. The number of nitrogens with zero attached hydrogens (tertiary/aromatic N) is 1. The van der Waals surface area contributed by atoms with Crippen molar-refractivity contribution in [3.05, 3.63) is 34.3 Å². The van der Waals surface area contributed by atoms with Gasteiger partial charge in [0.25, 0.3) is 0 Å². The van der Waals surface area contributed by atoms with Gasteiger partial charge in [-0.25, -0.2) is 0 Å². The lowest BCUT2D eigenvalue weighted by atomic mass is 9.76. The van der Waals surface area contributed by atoms with Gasteiger partial charge in [-0.05, 0) is 43.5 Å². The predicted molar refractivity (Wildman–Crippen MR) is 85.1 cm³/mol. The van der Waals surface area contributed by atoms with Crippen LogP contribution in [0.2, 0.25) is 0 Å². The van der Waals surface area contributed by atoms with Gasteiger partial charge in [0, 0.05) is 30.1 Å². The normalized spacial score (nSPS) is 31.0. The highest BCUT2D eigenvalue weighted by atomic mass is 79.9. The van der Waals surface area contributed by atoms with Crippen molar-refractivity contribution in [2.24, 2.45) is 0 Å². The van der Waals surface area contributed by atoms with E-state index in [1.54, 1.807) is 0 Å². The first kappa shape index (κ1) is 14.5. The molecule has 1 saturated carbocycles. The molecule has 20 heavy (non-hydrogen) atoms. The third kappa shape index (κ3) is 3.61. The first-order chi connectivity index (χ1) is 9.70. The molecule has 2 fully saturated rings. The second kappa shape index (κ2) is 6.56. The molecule has 3 nitrogen and oxygen atoms in total. The smallest absolute Gasteiger partial charge is 0.0826 e. The fourth-order valence-corrected chi connectivity index (χ4v) is 3.52. The van der Waals surface area contributed by atoms with Crippen LogP contribution in [0.3, 0.4) is 0 Å². The summed E-state index contributed by atoms with van der Waals surface area (Å²) in [6.07, 6.45) is 2.86. The van der Waals surface area contributed by atoms with Crippen molar-refractivity contribution in [3.63, 3.8) is 0 Å². The first-order valence-electron chi connectivity index (χ1n) is 7.49. The highest BCUT2D eigenvalue weighted by molar-refractivity contribution is 9.10. The van der Waals surface area contributed by atoms with Gasteiger partial charge in [0.2, 0.25) is 0 Å². The number of halogens is 1. The van der Waals surface area contributed by atoms with Crippen molar-refractivity contribution in [1.82, 2.24) is 10.2 Å². The zero-order valence-corrected chi connectivity index (χ0v) is 13.6. The van der Waals surface area contributed by atoms with E-state index in [-0.39, 0.29) is 0 Å². The van der Waals surface area contributed by atoms with Crippen LogP contribution in [0.15, 0.2) is 28.7 Å². The lowest BCUT2D eigenvalue weighted by molar-refractivity contribution is -0.0207. The summed E-state index contributed by atoms with van der Waals surface area (Å²) in [7, 11) is 2.17. The summed E-state index contributed by atoms with van der Waals surface area (Å²) in [6.45, 7) is 3.97. The molecule has 0 spiro atoms. The quantitative estimate of drug-likeness (QED) is 0.913. The molecule has 1 saturated heterocycles. The Kier molecular flexibility index (Phi) is 4.76. The van der Waals surface area contributed by atoms with E-state index in [1.807, 2.05) is 0 Å². The zero-order chi connectivity index (χ0) is 13.9. The van der Waals surface area contributed by atoms with Gasteiger partial charge in [0.05, 0.1) is 12.7 Å². The van der Waals surface area contributed by atoms with Crippen LogP contribution in [-0.2, 0) is 4.74 Å². The molecular weight excluding hydrogens is 316 g/mol. The lowest BCUT2D eigenvalue weighted by Gasteiger charge is -2.38. The van der Waals surface area contributed by atoms with Crippen LogP contribution >= 0.6 is 15.9 Å². The van der Waals surface area contributed by atoms with Gasteiger partial charge in [-0.3, -0.25) is 0 Å². The number of likely N-dealkylation sites (N-methyl/N-ethyl adjacent to an activating group) is 1. The molecule has 0 bridgehead atoms. The van der Waals surface area contributed by atoms with Crippen molar-refractivity contribution in [1.29, 1.82) is 0 Å². The number of morpholine rings is 1. The minimum Gasteiger partial charge on any atom is -0.374 e. The highest BCUT2D eigenvalue weighted by Crippen LogP contribution is 2.37. The topological polar surface area (TPSA) is 24.5 Å². The van der Waals surface area contributed by atoms with E-state index in [2.05, 4.69) is 57.5 Å². The molecule has 0 aromatic heterocycles. The molecule has 2 aliphatic rings. The third-order valence-corrected chi connectivity index (χ3v) is 4.93. The Morgan fingerprint density at radius 1 is 1.40 bits per heavy atom. The summed E-state index contributed by atoms with van der Waals surface area (Å²) < 4.78 is 6.97. The second-order valence-corrected chi connectivity index (χ2v) is 7.00. The molecule has 1 N–H and O–H groups in total. The minimum atomic E-state index is 0.360. The van der Waals surface area contributed by atoms with Crippen LogP contribution in [0.5, 0.6) is 0 Å². The summed E-state index contributed by atoms with van der Waals surface area (Å²) in [5.74, 6) is 0.722. The van der Waals surface area contributed by atoms with Crippen LogP contribution < -0.4 is 5.32 Å². The molecule has 0 amide bonds. The van der Waals surface area contributed by atoms with Gasteiger partial charge >= 0.3 is 0 Å². The van der Waals surface area contributed by atoms with E-state index in [0.717, 1.165) is 32.2 Å². The van der Waals surface area contributed by atoms with Crippen LogP contribution in [0, 0.1) is 0 Å². The molecule has 1 aliphatic carbocycles. The van der Waals surface area contributed by atoms with Gasteiger partial charge in [-0.2, -0.15) is 0 Å². The molecule has 1 heterocycles. The Morgan fingerprint density at radius 3 is 3.00 bits per heavy atom. The maximum Gasteiger partial charge on any atom is 0.0826 e. The lowest BCUT2D eigenvalue weighted by Crippen LogP contribution is -2.49. The molecule has 4 heteroatoms. The number of ether oxygens (including phenoxy) is 1. The molecule has 1 aromatic carbocycles. The first-order valence-corrected chi connectivity index (χ1v) is 8.29. The molecule has 1 aromatic rings. The minimum absolute atomic E-state index is 0.360. The van der Waals surface area contributed by atoms with Gasteiger partial charge in [-0.15, -0.1) is 0 Å². The summed E-state index contributed by atoms with van der Waals surface area (Å²) in [5, 5.41) is 3.66. The number of benzene rings is 1.